The molecule has 170 valence electrons. The number of para-hydroxylation sites is 2. The quantitative estimate of drug-likeness (QED) is 0.397. The highest BCUT2D eigenvalue weighted by Gasteiger charge is 2.38. The number of hydrogen-bond acceptors (Lipinski definition) is 5. The molecule has 5 rings (SSSR count). The van der Waals surface area contributed by atoms with Gasteiger partial charge in [-0.05, 0) is 61.4 Å². The van der Waals surface area contributed by atoms with E-state index in [9.17, 15) is 13.2 Å². The fourth-order valence-corrected chi connectivity index (χ4v) is 7.30. The molecule has 2 N–H and O–H groups in total. The van der Waals surface area contributed by atoms with Crippen LogP contribution in [0.5, 0.6) is 0 Å². The molecular weight excluding hydrogens is 480 g/mol. The highest BCUT2D eigenvalue weighted by molar-refractivity contribution is 7.91. The topological polar surface area (TPSA) is 95.2 Å². The first kappa shape index (κ1) is 22.1. The number of amides is 1. The van der Waals surface area contributed by atoms with Crippen molar-refractivity contribution in [1.82, 2.24) is 14.3 Å². The lowest BCUT2D eigenvalue weighted by Gasteiger charge is -2.33. The van der Waals surface area contributed by atoms with E-state index >= 15 is 0 Å². The number of hydrogen-bond donors (Lipinski definition) is 2. The number of carbonyl (C=O) groups excluding carboxylic acids is 1. The van der Waals surface area contributed by atoms with Crippen molar-refractivity contribution in [3.8, 4) is 11.4 Å². The highest BCUT2D eigenvalue weighted by atomic mass is 35.5. The van der Waals surface area contributed by atoms with Crippen molar-refractivity contribution >= 4 is 55.6 Å². The zero-order valence-electron chi connectivity index (χ0n) is 17.5. The lowest BCUT2D eigenvalue weighted by Crippen LogP contribution is -2.49. The Morgan fingerprint density at radius 3 is 2.61 bits per heavy atom. The van der Waals surface area contributed by atoms with Crippen LogP contribution in [0.15, 0.2) is 64.9 Å². The third-order valence-corrected chi connectivity index (χ3v) is 9.29. The van der Waals surface area contributed by atoms with Crippen molar-refractivity contribution in [2.24, 2.45) is 0 Å². The zero-order chi connectivity index (χ0) is 23.0. The van der Waals surface area contributed by atoms with E-state index < -0.39 is 16.1 Å². The third-order valence-electron chi connectivity index (χ3n) is 5.68. The molecule has 0 aliphatic carbocycles. The van der Waals surface area contributed by atoms with E-state index in [-0.39, 0.29) is 10.1 Å². The van der Waals surface area contributed by atoms with Gasteiger partial charge >= 0.3 is 0 Å². The molecule has 0 radical (unpaired) electrons. The fraction of sp³-hybridized carbons (Fsp3) is 0.217. The van der Waals surface area contributed by atoms with E-state index in [0.29, 0.717) is 29.4 Å². The number of imidazole rings is 1. The van der Waals surface area contributed by atoms with Crippen molar-refractivity contribution in [3.63, 3.8) is 0 Å². The maximum Gasteiger partial charge on any atom is 0.253 e. The Morgan fingerprint density at radius 2 is 1.88 bits per heavy atom. The number of sulfonamides is 1. The van der Waals surface area contributed by atoms with Gasteiger partial charge in [0.1, 0.15) is 16.1 Å². The fourth-order valence-electron chi connectivity index (χ4n) is 4.03. The van der Waals surface area contributed by atoms with E-state index in [1.165, 1.54) is 10.4 Å². The molecule has 0 spiro atoms. The lowest BCUT2D eigenvalue weighted by molar-refractivity contribution is -0.120. The van der Waals surface area contributed by atoms with E-state index in [1.54, 1.807) is 18.2 Å². The monoisotopic (exact) mass is 500 g/mol. The van der Waals surface area contributed by atoms with Crippen LogP contribution in [0.25, 0.3) is 22.4 Å². The molecule has 1 atom stereocenters. The first-order valence-electron chi connectivity index (χ1n) is 10.5. The van der Waals surface area contributed by atoms with Gasteiger partial charge in [0.25, 0.3) is 10.0 Å². The molecule has 0 bridgehead atoms. The molecule has 10 heteroatoms. The number of fused-ring (bicyclic) bond motifs is 1. The molecule has 2 aromatic heterocycles. The summed E-state index contributed by atoms with van der Waals surface area (Å²) in [4.78, 5) is 20.9. The van der Waals surface area contributed by atoms with Crippen molar-refractivity contribution < 1.29 is 13.2 Å². The highest BCUT2D eigenvalue weighted by Crippen LogP contribution is 2.32. The molecule has 0 unspecified atom stereocenters. The standard InChI is InChI=1S/C23H21ClN4O3S2/c24-20-12-13-21(32-20)33(30,31)28-14-4-3-7-19(28)23(29)25-16-10-8-15(9-11-16)22-26-17-5-1-2-6-18(17)27-22/h1-2,5-6,8-13,19H,3-4,7,14H2,(H,25,29)(H,26,27)/t19-/m1/s1. The summed E-state index contributed by atoms with van der Waals surface area (Å²) in [6.07, 6.45) is 1.98. The number of nitrogens with one attached hydrogen (secondary N) is 2. The molecule has 1 saturated heterocycles. The average Bonchev–Trinajstić information content (AvgIpc) is 3.46. The number of H-pyrrole nitrogens is 1. The van der Waals surface area contributed by atoms with Crippen LogP contribution in [-0.2, 0) is 14.8 Å². The number of rotatable bonds is 5. The minimum absolute atomic E-state index is 0.155. The molecule has 33 heavy (non-hydrogen) atoms. The second-order valence-corrected chi connectivity index (χ2v) is 11.7. The molecule has 1 aliphatic rings. The minimum Gasteiger partial charge on any atom is -0.338 e. The smallest absolute Gasteiger partial charge is 0.253 e. The van der Waals surface area contributed by atoms with Gasteiger partial charge in [0.2, 0.25) is 5.91 Å². The zero-order valence-corrected chi connectivity index (χ0v) is 19.9. The van der Waals surface area contributed by atoms with Crippen molar-refractivity contribution in [1.29, 1.82) is 0 Å². The molecule has 0 saturated carbocycles. The van der Waals surface area contributed by atoms with E-state index in [0.717, 1.165) is 40.2 Å². The largest absolute Gasteiger partial charge is 0.338 e. The summed E-state index contributed by atoms with van der Waals surface area (Å²) in [5.41, 5.74) is 3.33. The molecule has 2 aromatic carbocycles. The van der Waals surface area contributed by atoms with Crippen LogP contribution in [0.4, 0.5) is 5.69 Å². The van der Waals surface area contributed by atoms with Gasteiger partial charge in [0.15, 0.2) is 0 Å². The van der Waals surface area contributed by atoms with Crippen LogP contribution in [-0.4, -0.2) is 41.2 Å². The maximum atomic E-state index is 13.1. The number of benzene rings is 2. The Balaban J connectivity index is 1.33. The minimum atomic E-state index is -3.79. The first-order chi connectivity index (χ1) is 15.9. The van der Waals surface area contributed by atoms with Gasteiger partial charge in [-0.2, -0.15) is 4.31 Å². The number of aromatic amines is 1. The van der Waals surface area contributed by atoms with Crippen LogP contribution in [0.1, 0.15) is 19.3 Å². The molecule has 1 aliphatic heterocycles. The van der Waals surface area contributed by atoms with E-state index in [2.05, 4.69) is 15.3 Å². The normalized spacial score (nSPS) is 17.3. The number of aromatic nitrogens is 2. The van der Waals surface area contributed by atoms with Gasteiger partial charge in [-0.1, -0.05) is 30.2 Å². The van der Waals surface area contributed by atoms with Crippen molar-refractivity contribution in [2.45, 2.75) is 29.5 Å². The molecule has 7 nitrogen and oxygen atoms in total. The molecular formula is C23H21ClN4O3S2. The Hall–Kier alpha value is -2.72. The Morgan fingerprint density at radius 1 is 1.09 bits per heavy atom. The average molecular weight is 501 g/mol. The SMILES string of the molecule is O=C(Nc1ccc(-c2nc3ccccc3[nH]2)cc1)[C@H]1CCCCN1S(=O)(=O)c1ccc(Cl)s1. The number of piperidine rings is 1. The van der Waals surface area contributed by atoms with Gasteiger partial charge < -0.3 is 10.3 Å². The van der Waals surface area contributed by atoms with Gasteiger partial charge in [-0.25, -0.2) is 13.4 Å². The summed E-state index contributed by atoms with van der Waals surface area (Å²) < 4.78 is 28.1. The third kappa shape index (κ3) is 4.41. The van der Waals surface area contributed by atoms with E-state index in [1.807, 2.05) is 36.4 Å². The van der Waals surface area contributed by atoms with Gasteiger partial charge in [-0.3, -0.25) is 4.79 Å². The summed E-state index contributed by atoms with van der Waals surface area (Å²) in [5.74, 6) is 0.408. The van der Waals surface area contributed by atoms with Gasteiger partial charge in [-0.15, -0.1) is 11.3 Å². The Labute approximate surface area is 200 Å². The van der Waals surface area contributed by atoms with Crippen LogP contribution >= 0.6 is 22.9 Å². The Bertz CT molecular complexity index is 1380. The second-order valence-electron chi connectivity index (χ2n) is 7.86. The number of nitrogens with zero attached hydrogens (tertiary/aromatic N) is 2. The molecule has 1 fully saturated rings. The summed E-state index contributed by atoms with van der Waals surface area (Å²) in [6.45, 7) is 0.306. The second kappa shape index (κ2) is 8.90. The van der Waals surface area contributed by atoms with Crippen molar-refractivity contribution in [2.75, 3.05) is 11.9 Å². The lowest BCUT2D eigenvalue weighted by atomic mass is 10.0. The van der Waals surface area contributed by atoms with Gasteiger partial charge in [0, 0.05) is 17.8 Å². The van der Waals surface area contributed by atoms with Crippen LogP contribution in [0.2, 0.25) is 4.34 Å². The summed E-state index contributed by atoms with van der Waals surface area (Å²) in [5, 5.41) is 2.88. The van der Waals surface area contributed by atoms with Gasteiger partial charge in [0.05, 0.1) is 15.4 Å². The molecule has 4 aromatic rings. The number of carbonyl (C=O) groups is 1. The maximum absolute atomic E-state index is 13.1. The summed E-state index contributed by atoms with van der Waals surface area (Å²) in [7, 11) is -3.79. The van der Waals surface area contributed by atoms with Crippen LogP contribution in [0, 0.1) is 0 Å². The number of thiophene rings is 1. The van der Waals surface area contributed by atoms with E-state index in [4.69, 9.17) is 11.6 Å². The first-order valence-corrected chi connectivity index (χ1v) is 13.2. The summed E-state index contributed by atoms with van der Waals surface area (Å²) >= 11 is 6.94. The van der Waals surface area contributed by atoms with Crippen molar-refractivity contribution in [3.05, 3.63) is 65.0 Å². The Kier molecular flexibility index (Phi) is 5.96. The molecule has 3 heterocycles. The summed E-state index contributed by atoms with van der Waals surface area (Å²) in [6, 6.07) is 17.4. The number of halogens is 1. The van der Waals surface area contributed by atoms with Crippen LogP contribution in [0.3, 0.4) is 0 Å². The predicted molar refractivity (Wildman–Crippen MR) is 131 cm³/mol. The molecule has 1 amide bonds. The number of anilines is 1. The predicted octanol–water partition coefficient (Wildman–Crippen LogP) is 5.13. The van der Waals surface area contributed by atoms with Crippen LogP contribution < -0.4 is 5.32 Å².